The Morgan fingerprint density at radius 3 is 2.06 bits per heavy atom. The molecule has 0 aliphatic rings. The predicted octanol–water partition coefficient (Wildman–Crippen LogP) is 4.45. The van der Waals surface area contributed by atoms with E-state index in [9.17, 15) is 22.0 Å². The zero-order chi connectivity index (χ0) is 13.3. The molecular weight excluding hydrogens is 251 g/mol. The lowest BCUT2D eigenvalue weighted by atomic mass is 9.98. The van der Waals surface area contributed by atoms with Crippen LogP contribution in [-0.2, 0) is 6.18 Å². The minimum absolute atomic E-state index is 0.624. The molecule has 2 rings (SSSR count). The van der Waals surface area contributed by atoms with Gasteiger partial charge in [0.1, 0.15) is 11.6 Å². The van der Waals surface area contributed by atoms with Gasteiger partial charge >= 0.3 is 6.18 Å². The number of alkyl halides is 3. The van der Waals surface area contributed by atoms with E-state index in [1.54, 1.807) is 0 Å². The van der Waals surface area contributed by atoms with Gasteiger partial charge in [0.2, 0.25) is 0 Å². The van der Waals surface area contributed by atoms with Crippen LogP contribution in [0.1, 0.15) is 5.56 Å². The van der Waals surface area contributed by atoms with E-state index >= 15 is 0 Å². The minimum atomic E-state index is -4.69. The second kappa shape index (κ2) is 4.40. The van der Waals surface area contributed by atoms with Crippen LogP contribution in [0.25, 0.3) is 11.1 Å². The van der Waals surface area contributed by atoms with Gasteiger partial charge in [0.15, 0.2) is 0 Å². The lowest BCUT2D eigenvalue weighted by Crippen LogP contribution is -2.08. The molecule has 1 radical (unpaired) electrons. The third-order valence-corrected chi connectivity index (χ3v) is 2.37. The second-order valence-corrected chi connectivity index (χ2v) is 3.55. The van der Waals surface area contributed by atoms with Gasteiger partial charge in [-0.3, -0.25) is 0 Å². The van der Waals surface area contributed by atoms with E-state index in [0.717, 1.165) is 30.3 Å². The van der Waals surface area contributed by atoms with Crippen molar-refractivity contribution in [3.63, 3.8) is 0 Å². The highest BCUT2D eigenvalue weighted by Crippen LogP contribution is 2.38. The van der Waals surface area contributed by atoms with Gasteiger partial charge in [-0.05, 0) is 24.3 Å². The van der Waals surface area contributed by atoms with Crippen LogP contribution in [0, 0.1) is 17.7 Å². The second-order valence-electron chi connectivity index (χ2n) is 3.55. The quantitative estimate of drug-likeness (QED) is 0.662. The van der Waals surface area contributed by atoms with Crippen molar-refractivity contribution in [3.05, 3.63) is 59.7 Å². The van der Waals surface area contributed by atoms with E-state index in [-0.39, 0.29) is 0 Å². The lowest BCUT2D eigenvalue weighted by Gasteiger charge is -2.13. The maximum Gasteiger partial charge on any atom is 0.417 e. The number of rotatable bonds is 1. The highest BCUT2D eigenvalue weighted by molar-refractivity contribution is 5.68. The van der Waals surface area contributed by atoms with Crippen LogP contribution in [0.15, 0.2) is 36.4 Å². The summed E-state index contributed by atoms with van der Waals surface area (Å²) in [5.41, 5.74) is -2.46. The molecule has 18 heavy (non-hydrogen) atoms. The number of hydrogen-bond donors (Lipinski definition) is 0. The van der Waals surface area contributed by atoms with E-state index in [4.69, 9.17) is 0 Å². The molecule has 0 spiro atoms. The fraction of sp³-hybridized carbons (Fsp3) is 0.0769. The van der Waals surface area contributed by atoms with E-state index < -0.39 is 34.5 Å². The molecule has 2 aromatic carbocycles. The first-order valence-corrected chi connectivity index (χ1v) is 4.93. The van der Waals surface area contributed by atoms with Gasteiger partial charge < -0.3 is 0 Å². The first-order chi connectivity index (χ1) is 8.41. The zero-order valence-corrected chi connectivity index (χ0v) is 8.85. The van der Waals surface area contributed by atoms with Gasteiger partial charge in [-0.25, -0.2) is 8.78 Å². The van der Waals surface area contributed by atoms with Crippen LogP contribution >= 0.6 is 0 Å². The summed E-state index contributed by atoms with van der Waals surface area (Å²) < 4.78 is 65.2. The van der Waals surface area contributed by atoms with Crippen molar-refractivity contribution >= 4 is 0 Å². The molecule has 0 aliphatic heterocycles. The molecule has 0 saturated heterocycles. The van der Waals surface area contributed by atoms with Crippen molar-refractivity contribution in [1.29, 1.82) is 0 Å². The molecule has 0 nitrogen and oxygen atoms in total. The van der Waals surface area contributed by atoms with Gasteiger partial charge in [-0.15, -0.1) is 0 Å². The summed E-state index contributed by atoms with van der Waals surface area (Å²) >= 11 is 0. The summed E-state index contributed by atoms with van der Waals surface area (Å²) in [7, 11) is 0. The molecule has 0 unspecified atom stereocenters. The SMILES string of the molecule is Fc1cccc(F)c1-c1[c]cccc1C(F)(F)F. The molecule has 0 atom stereocenters. The molecular formula is C13H6F5. The topological polar surface area (TPSA) is 0 Å². The Balaban J connectivity index is 2.73. The Bertz CT molecular complexity index is 552. The fourth-order valence-electron chi connectivity index (χ4n) is 1.62. The maximum absolute atomic E-state index is 13.5. The Kier molecular flexibility index (Phi) is 3.07. The Labute approximate surface area is 99.7 Å². The molecule has 2 aromatic rings. The van der Waals surface area contributed by atoms with Crippen LogP contribution in [-0.4, -0.2) is 0 Å². The zero-order valence-electron chi connectivity index (χ0n) is 8.85. The molecule has 0 N–H and O–H groups in total. The highest BCUT2D eigenvalue weighted by atomic mass is 19.4. The lowest BCUT2D eigenvalue weighted by molar-refractivity contribution is -0.137. The Hall–Kier alpha value is -1.91. The van der Waals surface area contributed by atoms with Crippen molar-refractivity contribution in [2.24, 2.45) is 0 Å². The molecule has 0 amide bonds. The summed E-state index contributed by atoms with van der Waals surface area (Å²) in [4.78, 5) is 0. The van der Waals surface area contributed by atoms with Crippen LogP contribution in [0.4, 0.5) is 22.0 Å². The predicted molar refractivity (Wildman–Crippen MR) is 55.6 cm³/mol. The molecule has 93 valence electrons. The van der Waals surface area contributed by atoms with E-state index in [0.29, 0.717) is 0 Å². The van der Waals surface area contributed by atoms with Crippen LogP contribution in [0.2, 0.25) is 0 Å². The smallest absolute Gasteiger partial charge is 0.206 e. The molecule has 0 saturated carbocycles. The highest BCUT2D eigenvalue weighted by Gasteiger charge is 2.34. The summed E-state index contributed by atoms with van der Waals surface area (Å²) in [6.45, 7) is 0. The Morgan fingerprint density at radius 2 is 1.50 bits per heavy atom. The average Bonchev–Trinajstić information content (AvgIpc) is 2.28. The van der Waals surface area contributed by atoms with Crippen LogP contribution < -0.4 is 0 Å². The summed E-state index contributed by atoms with van der Waals surface area (Å²) in [6, 6.07) is 8.19. The number of halogens is 5. The summed E-state index contributed by atoms with van der Waals surface area (Å²) in [6.07, 6.45) is -4.69. The van der Waals surface area contributed by atoms with Crippen molar-refractivity contribution < 1.29 is 22.0 Å². The molecule has 0 aromatic heterocycles. The van der Waals surface area contributed by atoms with Crippen LogP contribution in [0.5, 0.6) is 0 Å². The first kappa shape index (κ1) is 12.5. The monoisotopic (exact) mass is 257 g/mol. The van der Waals surface area contributed by atoms with Gasteiger partial charge in [-0.2, -0.15) is 13.2 Å². The molecule has 0 heterocycles. The number of benzene rings is 2. The summed E-state index contributed by atoms with van der Waals surface area (Å²) in [5.74, 6) is -2.11. The fourth-order valence-corrected chi connectivity index (χ4v) is 1.62. The largest absolute Gasteiger partial charge is 0.417 e. The number of hydrogen-bond acceptors (Lipinski definition) is 0. The van der Waals surface area contributed by atoms with Gasteiger partial charge in [0, 0.05) is 5.56 Å². The standard InChI is InChI=1S/C13H6F5/c14-10-6-3-7-11(15)12(10)8-4-1-2-5-9(8)13(16,17)18/h1-3,5-7H. The maximum atomic E-state index is 13.5. The molecule has 0 bridgehead atoms. The summed E-state index contributed by atoms with van der Waals surface area (Å²) in [5, 5.41) is 0. The van der Waals surface area contributed by atoms with Crippen molar-refractivity contribution in [2.45, 2.75) is 6.18 Å². The van der Waals surface area contributed by atoms with E-state index in [1.165, 1.54) is 6.07 Å². The minimum Gasteiger partial charge on any atom is -0.206 e. The van der Waals surface area contributed by atoms with Crippen molar-refractivity contribution in [3.8, 4) is 11.1 Å². The van der Waals surface area contributed by atoms with Gasteiger partial charge in [0.25, 0.3) is 0 Å². The van der Waals surface area contributed by atoms with E-state index in [2.05, 4.69) is 6.07 Å². The normalized spacial score (nSPS) is 11.6. The van der Waals surface area contributed by atoms with Crippen LogP contribution in [0.3, 0.4) is 0 Å². The third kappa shape index (κ3) is 2.20. The van der Waals surface area contributed by atoms with Crippen molar-refractivity contribution in [2.75, 3.05) is 0 Å². The van der Waals surface area contributed by atoms with Gasteiger partial charge in [0.05, 0.1) is 11.1 Å². The van der Waals surface area contributed by atoms with Gasteiger partial charge in [-0.1, -0.05) is 18.2 Å². The van der Waals surface area contributed by atoms with E-state index in [1.807, 2.05) is 0 Å². The first-order valence-electron chi connectivity index (χ1n) is 4.93. The third-order valence-electron chi connectivity index (χ3n) is 2.37. The molecule has 5 heteroatoms. The molecule has 0 aliphatic carbocycles. The average molecular weight is 257 g/mol. The molecule has 0 fully saturated rings. The van der Waals surface area contributed by atoms with Crippen molar-refractivity contribution in [1.82, 2.24) is 0 Å². The Morgan fingerprint density at radius 1 is 0.889 bits per heavy atom.